The van der Waals surface area contributed by atoms with Crippen LogP contribution in [-0.4, -0.2) is 25.2 Å². The van der Waals surface area contributed by atoms with Crippen LogP contribution >= 0.6 is 11.3 Å². The van der Waals surface area contributed by atoms with Crippen molar-refractivity contribution >= 4 is 11.3 Å². The van der Waals surface area contributed by atoms with Crippen LogP contribution in [-0.2, 0) is 0 Å². The number of aryl methyl sites for hydroxylation is 2. The second kappa shape index (κ2) is 2.77. The molecule has 2 heterocycles. The number of tetrazole rings is 1. The molecule has 2 rings (SSSR count). The summed E-state index contributed by atoms with van der Waals surface area (Å²) in [6.07, 6.45) is 0. The van der Waals surface area contributed by atoms with Gasteiger partial charge in [-0.1, -0.05) is 11.3 Å². The van der Waals surface area contributed by atoms with Gasteiger partial charge >= 0.3 is 5.69 Å². The second-order valence-corrected chi connectivity index (χ2v) is 3.72. The van der Waals surface area contributed by atoms with Crippen molar-refractivity contribution in [2.75, 3.05) is 0 Å². The van der Waals surface area contributed by atoms with Crippen LogP contribution in [0.15, 0.2) is 4.79 Å². The fourth-order valence-electron chi connectivity index (χ4n) is 1.05. The van der Waals surface area contributed by atoms with Gasteiger partial charge in [0.15, 0.2) is 0 Å². The number of hydrogen-bond donors (Lipinski definition) is 1. The molecule has 0 amide bonds. The number of nitrogens with one attached hydrogen (secondary N) is 1. The van der Waals surface area contributed by atoms with Crippen LogP contribution < -0.4 is 5.69 Å². The molecule has 0 fully saturated rings. The van der Waals surface area contributed by atoms with Gasteiger partial charge < -0.3 is 0 Å². The molecule has 7 heteroatoms. The summed E-state index contributed by atoms with van der Waals surface area (Å²) in [5.41, 5.74) is 0.449. The number of rotatable bonds is 1. The highest BCUT2D eigenvalue weighted by Gasteiger charge is 2.10. The molecule has 0 aliphatic carbocycles. The van der Waals surface area contributed by atoms with Gasteiger partial charge in [-0.15, -0.1) is 4.68 Å². The number of aromatic nitrogens is 5. The zero-order valence-electron chi connectivity index (χ0n) is 7.11. The third-order valence-electron chi connectivity index (χ3n) is 1.54. The molecule has 0 saturated carbocycles. The summed E-state index contributed by atoms with van der Waals surface area (Å²) in [7, 11) is 0. The normalized spacial score (nSPS) is 10.6. The number of thiazole rings is 1. The van der Waals surface area contributed by atoms with Crippen LogP contribution in [0.4, 0.5) is 0 Å². The first kappa shape index (κ1) is 8.11. The molecule has 0 atom stereocenters. The highest BCUT2D eigenvalue weighted by Crippen LogP contribution is 2.18. The topological polar surface area (TPSA) is 76.5 Å². The van der Waals surface area contributed by atoms with Crippen LogP contribution in [0.1, 0.15) is 10.7 Å². The summed E-state index contributed by atoms with van der Waals surface area (Å²) >= 11 is 1.42. The van der Waals surface area contributed by atoms with Crippen molar-refractivity contribution < 1.29 is 0 Å². The van der Waals surface area contributed by atoms with E-state index < -0.39 is 0 Å². The van der Waals surface area contributed by atoms with Gasteiger partial charge in [-0.3, -0.25) is 0 Å². The summed E-state index contributed by atoms with van der Waals surface area (Å²) in [4.78, 5) is 15.3. The van der Waals surface area contributed by atoms with E-state index in [2.05, 4.69) is 20.5 Å². The number of hydrogen-bond acceptors (Lipinski definition) is 5. The molecule has 6 nitrogen and oxygen atoms in total. The van der Waals surface area contributed by atoms with E-state index in [9.17, 15) is 4.79 Å². The molecular formula is C6H7N5OS. The molecule has 0 aromatic carbocycles. The summed E-state index contributed by atoms with van der Waals surface area (Å²) in [6.45, 7) is 3.71. The van der Waals surface area contributed by atoms with Gasteiger partial charge in [0.1, 0.15) is 5.00 Å². The lowest BCUT2D eigenvalue weighted by atomic mass is 10.5. The third-order valence-corrected chi connectivity index (χ3v) is 2.59. The predicted octanol–water partition coefficient (Wildman–Crippen LogP) is 0.0289. The molecule has 2 aromatic rings. The van der Waals surface area contributed by atoms with Crippen molar-refractivity contribution in [3.8, 4) is 5.00 Å². The van der Waals surface area contributed by atoms with Crippen molar-refractivity contribution in [3.63, 3.8) is 0 Å². The maximum absolute atomic E-state index is 11.1. The standard InChI is InChI=1S/C6H7N5OS/c1-3-5(13-4(2)7-3)11-6(12)8-9-10-11/h1-2H3,(H,8,10,12). The van der Waals surface area contributed by atoms with E-state index in [0.29, 0.717) is 0 Å². The first-order chi connectivity index (χ1) is 6.18. The lowest BCUT2D eigenvalue weighted by Crippen LogP contribution is -2.15. The fourth-order valence-corrected chi connectivity index (χ4v) is 1.91. The molecule has 2 aromatic heterocycles. The van der Waals surface area contributed by atoms with Crippen molar-refractivity contribution in [1.82, 2.24) is 25.2 Å². The minimum absolute atomic E-state index is 0.341. The lowest BCUT2D eigenvalue weighted by Gasteiger charge is -1.91. The average Bonchev–Trinajstić information content (AvgIpc) is 2.58. The number of nitrogens with zero attached hydrogens (tertiary/aromatic N) is 4. The maximum atomic E-state index is 11.1. The Bertz CT molecular complexity index is 481. The molecule has 13 heavy (non-hydrogen) atoms. The highest BCUT2D eigenvalue weighted by molar-refractivity contribution is 7.14. The smallest absolute Gasteiger partial charge is 0.245 e. The van der Waals surface area contributed by atoms with Crippen molar-refractivity contribution in [3.05, 3.63) is 21.2 Å². The summed E-state index contributed by atoms with van der Waals surface area (Å²) in [5, 5.41) is 10.9. The Morgan fingerprint density at radius 3 is 2.69 bits per heavy atom. The number of aromatic amines is 1. The van der Waals surface area contributed by atoms with E-state index in [1.54, 1.807) is 0 Å². The van der Waals surface area contributed by atoms with Gasteiger partial charge in [-0.2, -0.15) is 0 Å². The van der Waals surface area contributed by atoms with Crippen LogP contribution in [0.3, 0.4) is 0 Å². The lowest BCUT2D eigenvalue weighted by molar-refractivity contribution is 0.783. The summed E-state index contributed by atoms with van der Waals surface area (Å²) in [6, 6.07) is 0. The summed E-state index contributed by atoms with van der Waals surface area (Å²) in [5.74, 6) is 0. The Kier molecular flexibility index (Phi) is 1.73. The van der Waals surface area contributed by atoms with E-state index >= 15 is 0 Å². The van der Waals surface area contributed by atoms with Crippen LogP contribution in [0.25, 0.3) is 5.00 Å². The Hall–Kier alpha value is -1.50. The molecule has 0 bridgehead atoms. The van der Waals surface area contributed by atoms with Crippen LogP contribution in [0.5, 0.6) is 0 Å². The molecule has 1 N–H and O–H groups in total. The zero-order chi connectivity index (χ0) is 9.42. The van der Waals surface area contributed by atoms with Gasteiger partial charge in [0.2, 0.25) is 0 Å². The SMILES string of the molecule is Cc1nc(C)c(-n2nn[nH]c2=O)s1. The van der Waals surface area contributed by atoms with Gasteiger partial charge in [0.25, 0.3) is 0 Å². The minimum Gasteiger partial charge on any atom is -0.245 e. The van der Waals surface area contributed by atoms with Gasteiger partial charge in [-0.25, -0.2) is 14.9 Å². The average molecular weight is 197 g/mol. The van der Waals surface area contributed by atoms with Gasteiger partial charge in [0, 0.05) is 0 Å². The zero-order valence-corrected chi connectivity index (χ0v) is 7.92. The molecule has 0 aliphatic rings. The van der Waals surface area contributed by atoms with Crippen molar-refractivity contribution in [2.45, 2.75) is 13.8 Å². The first-order valence-corrected chi connectivity index (χ1v) is 4.45. The third kappa shape index (κ3) is 1.26. The van der Waals surface area contributed by atoms with Crippen molar-refractivity contribution in [2.24, 2.45) is 0 Å². The Morgan fingerprint density at radius 2 is 2.23 bits per heavy atom. The Labute approximate surface area is 77.2 Å². The molecule has 0 aliphatic heterocycles. The van der Waals surface area contributed by atoms with E-state index in [1.807, 2.05) is 13.8 Å². The quantitative estimate of drug-likeness (QED) is 0.699. The van der Waals surface area contributed by atoms with Gasteiger partial charge in [0.05, 0.1) is 10.7 Å². The van der Waals surface area contributed by atoms with E-state index in [4.69, 9.17) is 0 Å². The highest BCUT2D eigenvalue weighted by atomic mass is 32.1. The fraction of sp³-hybridized carbons (Fsp3) is 0.333. The molecule has 0 saturated heterocycles. The number of H-pyrrole nitrogens is 1. The van der Waals surface area contributed by atoms with E-state index in [1.165, 1.54) is 16.0 Å². The Morgan fingerprint density at radius 1 is 1.46 bits per heavy atom. The first-order valence-electron chi connectivity index (χ1n) is 3.63. The van der Waals surface area contributed by atoms with Crippen LogP contribution in [0.2, 0.25) is 0 Å². The molecule has 0 unspecified atom stereocenters. The molecular weight excluding hydrogens is 190 g/mol. The molecule has 0 radical (unpaired) electrons. The monoisotopic (exact) mass is 197 g/mol. The van der Waals surface area contributed by atoms with Crippen molar-refractivity contribution in [1.29, 1.82) is 0 Å². The van der Waals surface area contributed by atoms with E-state index in [0.717, 1.165) is 15.7 Å². The van der Waals surface area contributed by atoms with Crippen LogP contribution in [0, 0.1) is 13.8 Å². The second-order valence-electron chi connectivity index (χ2n) is 2.54. The van der Waals surface area contributed by atoms with Gasteiger partial charge in [-0.05, 0) is 24.3 Å². The Balaban J connectivity index is 2.65. The maximum Gasteiger partial charge on any atom is 0.366 e. The summed E-state index contributed by atoms with van der Waals surface area (Å²) < 4.78 is 1.21. The minimum atomic E-state index is -0.341. The molecule has 68 valence electrons. The van der Waals surface area contributed by atoms with E-state index in [-0.39, 0.29) is 5.69 Å². The predicted molar refractivity (Wildman–Crippen MR) is 47.1 cm³/mol. The largest absolute Gasteiger partial charge is 0.366 e. The molecule has 0 spiro atoms.